The summed E-state index contributed by atoms with van der Waals surface area (Å²) in [5, 5.41) is 0. The summed E-state index contributed by atoms with van der Waals surface area (Å²) in [6.45, 7) is 50.9. The second-order valence-electron chi connectivity index (χ2n) is 33.2. The van der Waals surface area contributed by atoms with Crippen molar-refractivity contribution in [1.29, 1.82) is 0 Å². The number of anilines is 9. The van der Waals surface area contributed by atoms with Crippen molar-refractivity contribution in [1.82, 2.24) is 0 Å². The topological polar surface area (TPSA) is 9.72 Å². The van der Waals surface area contributed by atoms with E-state index in [9.17, 15) is 0 Å². The maximum absolute atomic E-state index is 2.70. The zero-order valence-corrected chi connectivity index (χ0v) is 54.3. The molecule has 3 aliphatic carbocycles. The van der Waals surface area contributed by atoms with Gasteiger partial charge in [-0.15, -0.1) is 0 Å². The molecule has 12 rings (SSSR count). The Balaban J connectivity index is 1.24. The summed E-state index contributed by atoms with van der Waals surface area (Å²) in [4.78, 5) is 8.01. The van der Waals surface area contributed by atoms with E-state index >= 15 is 0 Å². The van der Waals surface area contributed by atoms with Gasteiger partial charge in [0, 0.05) is 45.5 Å². The van der Waals surface area contributed by atoms with Gasteiger partial charge in [-0.05, 0) is 227 Å². The van der Waals surface area contributed by atoms with Crippen LogP contribution >= 0.6 is 0 Å². The van der Waals surface area contributed by atoms with Crippen LogP contribution in [-0.2, 0) is 48.7 Å². The van der Waals surface area contributed by atoms with Gasteiger partial charge in [-0.1, -0.05) is 200 Å². The van der Waals surface area contributed by atoms with Gasteiger partial charge in [-0.2, -0.15) is 0 Å². The molecule has 0 spiro atoms. The molecular weight excluding hydrogens is 990 g/mol. The third kappa shape index (κ3) is 9.12. The summed E-state index contributed by atoms with van der Waals surface area (Å²) in [5.74, 6) is 0. The minimum absolute atomic E-state index is 0.00949. The van der Waals surface area contributed by atoms with Crippen molar-refractivity contribution in [3.63, 3.8) is 0 Å². The molecule has 0 N–H and O–H groups in total. The molecule has 0 bridgehead atoms. The van der Waals surface area contributed by atoms with Gasteiger partial charge in [0.25, 0.3) is 6.71 Å². The van der Waals surface area contributed by atoms with Crippen LogP contribution in [0.15, 0.2) is 127 Å². The van der Waals surface area contributed by atoms with Gasteiger partial charge < -0.3 is 14.7 Å². The molecule has 0 atom stereocenters. The predicted molar refractivity (Wildman–Crippen MR) is 357 cm³/mol. The van der Waals surface area contributed by atoms with Gasteiger partial charge in [0.2, 0.25) is 0 Å². The highest BCUT2D eigenvalue weighted by Crippen LogP contribution is 2.55. The Kier molecular flexibility index (Phi) is 12.6. The third-order valence-corrected chi connectivity index (χ3v) is 21.3. The Morgan fingerprint density at radius 3 is 1.04 bits per heavy atom. The van der Waals surface area contributed by atoms with Crippen molar-refractivity contribution < 1.29 is 0 Å². The molecule has 5 aliphatic rings. The molecule has 0 radical (unpaired) electrons. The number of fused-ring (bicyclic) bond motifs is 7. The lowest BCUT2D eigenvalue weighted by molar-refractivity contribution is 0.332. The van der Waals surface area contributed by atoms with E-state index in [4.69, 9.17) is 0 Å². The summed E-state index contributed by atoms with van der Waals surface area (Å²) >= 11 is 0. The lowest BCUT2D eigenvalue weighted by atomic mass is 9.33. The van der Waals surface area contributed by atoms with E-state index in [0.29, 0.717) is 0 Å². The zero-order chi connectivity index (χ0) is 59.0. The van der Waals surface area contributed by atoms with Crippen LogP contribution in [0.25, 0.3) is 0 Å². The van der Waals surface area contributed by atoms with Crippen LogP contribution in [0.1, 0.15) is 234 Å². The molecule has 4 heteroatoms. The zero-order valence-electron chi connectivity index (χ0n) is 54.3. The molecular formula is C78H96BN3. The molecule has 0 saturated heterocycles. The number of nitrogens with zero attached hydrogens (tertiary/aromatic N) is 3. The Labute approximate surface area is 496 Å². The van der Waals surface area contributed by atoms with Crippen LogP contribution in [-0.4, -0.2) is 6.71 Å². The first-order valence-electron chi connectivity index (χ1n) is 31.4. The standard InChI is InChI=1S/C78H96BN3/c1-70(2,3)49-22-26-52(27-23-49)81-65-34-24-50(71(4,5)6)42-63(65)79-64-43-51(72(7,8)9)25-35-66(64)82(55-30-33-59-62(46-55)78(20,21)41-38-75(59,14)15)68-48-56(47-67(81)69(68)79)80(53-28-31-57-60(44-53)76(16,17)39-36-73(57,10)11)54-29-32-58-61(45-54)77(18,19)40-37-74(58,12)13/h22-35,42-48H,36-41H2,1-21H3. The van der Waals surface area contributed by atoms with Gasteiger partial charge in [-0.25, -0.2) is 0 Å². The quantitative estimate of drug-likeness (QED) is 0.159. The molecule has 0 aromatic heterocycles. The molecule has 426 valence electrons. The lowest BCUT2D eigenvalue weighted by Crippen LogP contribution is -2.61. The summed E-state index contributed by atoms with van der Waals surface area (Å²) in [6.07, 6.45) is 7.00. The van der Waals surface area contributed by atoms with Gasteiger partial charge in [0.15, 0.2) is 0 Å². The van der Waals surface area contributed by atoms with E-state index in [1.807, 2.05) is 0 Å². The smallest absolute Gasteiger partial charge is 0.252 e. The van der Waals surface area contributed by atoms with Gasteiger partial charge in [0.05, 0.1) is 5.69 Å². The van der Waals surface area contributed by atoms with Crippen LogP contribution in [0.4, 0.5) is 51.2 Å². The van der Waals surface area contributed by atoms with Crippen molar-refractivity contribution >= 4 is 74.3 Å². The average molecular weight is 1090 g/mol. The van der Waals surface area contributed by atoms with Crippen molar-refractivity contribution in [2.75, 3.05) is 14.7 Å². The van der Waals surface area contributed by atoms with Crippen molar-refractivity contribution in [2.24, 2.45) is 0 Å². The highest BCUT2D eigenvalue weighted by atomic mass is 15.2. The van der Waals surface area contributed by atoms with Gasteiger partial charge in [0.1, 0.15) is 0 Å². The van der Waals surface area contributed by atoms with E-state index in [1.165, 1.54) is 137 Å². The third-order valence-electron chi connectivity index (χ3n) is 21.3. The first kappa shape index (κ1) is 56.5. The number of hydrogen-bond acceptors (Lipinski definition) is 3. The largest absolute Gasteiger partial charge is 0.311 e. The minimum Gasteiger partial charge on any atom is -0.311 e. The van der Waals surface area contributed by atoms with E-state index < -0.39 is 0 Å². The molecule has 0 unspecified atom stereocenters. The number of hydrogen-bond donors (Lipinski definition) is 0. The van der Waals surface area contributed by atoms with Crippen LogP contribution in [0.5, 0.6) is 0 Å². The number of rotatable bonds is 5. The SMILES string of the molecule is CC(C)(C)c1ccc(N2c3ccc(C(C)(C)C)cc3B3c4cc(C(C)(C)C)ccc4N(c4ccc5c(c4)C(C)(C)CCC5(C)C)c4cc(N(c5ccc6c(c5)C(C)(C)CCC6(C)C)c5ccc6c(c5)C(C)(C)CCC6(C)C)cc2c43)cc1. The molecule has 0 saturated carbocycles. The highest BCUT2D eigenvalue weighted by Gasteiger charge is 2.47. The van der Waals surface area contributed by atoms with E-state index in [-0.39, 0.29) is 55.4 Å². The number of benzene rings is 7. The Morgan fingerprint density at radius 2 is 0.646 bits per heavy atom. The Bertz CT molecular complexity index is 3650. The van der Waals surface area contributed by atoms with Crippen molar-refractivity contribution in [3.8, 4) is 0 Å². The van der Waals surface area contributed by atoms with E-state index in [0.717, 1.165) is 19.3 Å². The predicted octanol–water partition coefficient (Wildman–Crippen LogP) is 20.2. The maximum atomic E-state index is 2.70. The molecule has 7 aromatic rings. The molecule has 3 nitrogen and oxygen atoms in total. The fourth-order valence-corrected chi connectivity index (χ4v) is 15.3. The fourth-order valence-electron chi connectivity index (χ4n) is 15.3. The molecule has 0 amide bonds. The molecule has 2 aliphatic heterocycles. The summed E-state index contributed by atoms with van der Waals surface area (Å²) < 4.78 is 0. The van der Waals surface area contributed by atoms with Crippen molar-refractivity contribution in [2.45, 2.75) is 233 Å². The normalized spacial score (nSPS) is 19.5. The second kappa shape index (κ2) is 18.3. The highest BCUT2D eigenvalue weighted by molar-refractivity contribution is 7.00. The van der Waals surface area contributed by atoms with Crippen LogP contribution in [0.3, 0.4) is 0 Å². The van der Waals surface area contributed by atoms with Gasteiger partial charge in [-0.3, -0.25) is 0 Å². The minimum atomic E-state index is -0.0579. The first-order chi connectivity index (χ1) is 38.0. The summed E-state index contributed by atoms with van der Waals surface area (Å²) in [7, 11) is 0. The van der Waals surface area contributed by atoms with Crippen LogP contribution in [0, 0.1) is 0 Å². The molecule has 0 fully saturated rings. The van der Waals surface area contributed by atoms with Gasteiger partial charge >= 0.3 is 0 Å². The average Bonchev–Trinajstić information content (AvgIpc) is 0.867. The second-order valence-corrected chi connectivity index (χ2v) is 33.2. The fraction of sp³-hybridized carbons (Fsp3) is 0.462. The monoisotopic (exact) mass is 1090 g/mol. The lowest BCUT2D eigenvalue weighted by Gasteiger charge is -2.47. The Morgan fingerprint density at radius 1 is 0.317 bits per heavy atom. The van der Waals surface area contributed by atoms with E-state index in [1.54, 1.807) is 0 Å². The van der Waals surface area contributed by atoms with Crippen LogP contribution in [0.2, 0.25) is 0 Å². The van der Waals surface area contributed by atoms with E-state index in [2.05, 4.69) is 287 Å². The van der Waals surface area contributed by atoms with Crippen molar-refractivity contribution in [3.05, 3.63) is 177 Å². The Hall–Kier alpha value is -6.00. The summed E-state index contributed by atoms with van der Waals surface area (Å²) in [5.41, 5.74) is 28.2. The molecule has 2 heterocycles. The molecule has 82 heavy (non-hydrogen) atoms. The first-order valence-corrected chi connectivity index (χ1v) is 31.4. The molecule has 7 aromatic carbocycles. The van der Waals surface area contributed by atoms with Crippen LogP contribution < -0.4 is 31.1 Å². The summed E-state index contributed by atoms with van der Waals surface area (Å²) in [6, 6.07) is 52.5. The maximum Gasteiger partial charge on any atom is 0.252 e.